The van der Waals surface area contributed by atoms with Gasteiger partial charge in [0.15, 0.2) is 0 Å². The standard InChI is InChI=1S/C12H24N2O3/c1-3-13-5-7-14(8-6-13)10-11(15)9-12(16)17-4-2/h11,15H,3-10H2,1-2H3. The molecule has 0 saturated carbocycles. The Balaban J connectivity index is 2.18. The molecular formula is C12H24N2O3. The predicted molar refractivity (Wildman–Crippen MR) is 65.8 cm³/mol. The Morgan fingerprint density at radius 2 is 1.82 bits per heavy atom. The van der Waals surface area contributed by atoms with E-state index in [9.17, 15) is 9.90 Å². The van der Waals surface area contributed by atoms with Crippen molar-refractivity contribution in [2.45, 2.75) is 26.4 Å². The highest BCUT2D eigenvalue weighted by molar-refractivity contribution is 5.69. The Morgan fingerprint density at radius 1 is 1.24 bits per heavy atom. The zero-order valence-corrected chi connectivity index (χ0v) is 10.9. The van der Waals surface area contributed by atoms with Gasteiger partial charge < -0.3 is 14.7 Å². The molecule has 0 amide bonds. The van der Waals surface area contributed by atoms with Crippen LogP contribution in [0.25, 0.3) is 0 Å². The highest BCUT2D eigenvalue weighted by Crippen LogP contribution is 2.04. The van der Waals surface area contributed by atoms with Crippen molar-refractivity contribution in [3.63, 3.8) is 0 Å². The summed E-state index contributed by atoms with van der Waals surface area (Å²) >= 11 is 0. The van der Waals surface area contributed by atoms with Gasteiger partial charge in [-0.3, -0.25) is 9.69 Å². The van der Waals surface area contributed by atoms with Gasteiger partial charge in [0, 0.05) is 32.7 Å². The second-order valence-electron chi connectivity index (χ2n) is 4.40. The number of aliphatic hydroxyl groups is 1. The van der Waals surface area contributed by atoms with Gasteiger partial charge in [-0.15, -0.1) is 0 Å². The van der Waals surface area contributed by atoms with Crippen LogP contribution in [-0.4, -0.2) is 72.9 Å². The fourth-order valence-electron chi connectivity index (χ4n) is 2.06. The van der Waals surface area contributed by atoms with E-state index in [1.807, 2.05) is 0 Å². The average molecular weight is 244 g/mol. The summed E-state index contributed by atoms with van der Waals surface area (Å²) in [7, 11) is 0. The monoisotopic (exact) mass is 244 g/mol. The molecule has 1 N–H and O–H groups in total. The number of carbonyl (C=O) groups is 1. The minimum absolute atomic E-state index is 0.0990. The summed E-state index contributed by atoms with van der Waals surface area (Å²) < 4.78 is 4.81. The van der Waals surface area contributed by atoms with Crippen LogP contribution in [0.1, 0.15) is 20.3 Å². The summed E-state index contributed by atoms with van der Waals surface area (Å²) in [5.41, 5.74) is 0. The third-order valence-corrected chi connectivity index (χ3v) is 3.09. The maximum atomic E-state index is 11.2. The largest absolute Gasteiger partial charge is 0.466 e. The van der Waals surface area contributed by atoms with E-state index in [4.69, 9.17) is 4.74 Å². The third kappa shape index (κ3) is 5.48. The number of aliphatic hydroxyl groups excluding tert-OH is 1. The molecule has 5 heteroatoms. The van der Waals surface area contributed by atoms with Crippen LogP contribution >= 0.6 is 0 Å². The number of hydrogen-bond donors (Lipinski definition) is 1. The maximum Gasteiger partial charge on any atom is 0.308 e. The maximum absolute atomic E-state index is 11.2. The molecule has 1 unspecified atom stereocenters. The Hall–Kier alpha value is -0.650. The summed E-state index contributed by atoms with van der Waals surface area (Å²) in [5, 5.41) is 9.77. The number of rotatable bonds is 6. The summed E-state index contributed by atoms with van der Waals surface area (Å²) in [6.07, 6.45) is -0.510. The number of β-amino-alcohol motifs (C(OH)–C–C–N with tert-alkyl or cyclic N) is 1. The summed E-state index contributed by atoms with van der Waals surface area (Å²) in [6.45, 7) is 9.97. The lowest BCUT2D eigenvalue weighted by Gasteiger charge is -2.34. The molecule has 17 heavy (non-hydrogen) atoms. The van der Waals surface area contributed by atoms with Crippen LogP contribution in [0, 0.1) is 0 Å². The van der Waals surface area contributed by atoms with Gasteiger partial charge in [0.1, 0.15) is 0 Å². The minimum Gasteiger partial charge on any atom is -0.466 e. The quantitative estimate of drug-likeness (QED) is 0.663. The molecule has 0 spiro atoms. The third-order valence-electron chi connectivity index (χ3n) is 3.09. The molecule has 100 valence electrons. The van der Waals surface area contributed by atoms with Gasteiger partial charge in [0.25, 0.3) is 0 Å². The molecular weight excluding hydrogens is 220 g/mol. The number of esters is 1. The number of nitrogens with zero attached hydrogens (tertiary/aromatic N) is 2. The Morgan fingerprint density at radius 3 is 2.35 bits per heavy atom. The topological polar surface area (TPSA) is 53.0 Å². The van der Waals surface area contributed by atoms with Gasteiger partial charge >= 0.3 is 5.97 Å². The van der Waals surface area contributed by atoms with E-state index in [-0.39, 0.29) is 12.4 Å². The molecule has 0 aliphatic carbocycles. The van der Waals surface area contributed by atoms with Crippen LogP contribution < -0.4 is 0 Å². The van der Waals surface area contributed by atoms with E-state index in [0.29, 0.717) is 13.2 Å². The molecule has 0 aromatic heterocycles. The van der Waals surface area contributed by atoms with Gasteiger partial charge in [-0.25, -0.2) is 0 Å². The molecule has 0 radical (unpaired) electrons. The fourth-order valence-corrected chi connectivity index (χ4v) is 2.06. The van der Waals surface area contributed by atoms with E-state index in [2.05, 4.69) is 16.7 Å². The average Bonchev–Trinajstić information content (AvgIpc) is 2.30. The first-order valence-electron chi connectivity index (χ1n) is 6.44. The molecule has 1 atom stereocenters. The number of carbonyl (C=O) groups excluding carboxylic acids is 1. The van der Waals surface area contributed by atoms with Gasteiger partial charge in [-0.05, 0) is 13.5 Å². The first-order chi connectivity index (χ1) is 8.15. The predicted octanol–water partition coefficient (Wildman–Crippen LogP) is -0.0620. The van der Waals surface area contributed by atoms with Crippen molar-refractivity contribution in [2.75, 3.05) is 45.9 Å². The van der Waals surface area contributed by atoms with Crippen LogP contribution in [-0.2, 0) is 9.53 Å². The number of hydrogen-bond acceptors (Lipinski definition) is 5. The molecule has 1 heterocycles. The normalized spacial score (nSPS) is 20.2. The minimum atomic E-state index is -0.609. The zero-order valence-electron chi connectivity index (χ0n) is 10.9. The summed E-state index contributed by atoms with van der Waals surface area (Å²) in [5.74, 6) is -0.313. The molecule has 0 aromatic rings. The van der Waals surface area contributed by atoms with Crippen molar-refractivity contribution in [1.29, 1.82) is 0 Å². The molecule has 1 aliphatic heterocycles. The molecule has 5 nitrogen and oxygen atoms in total. The van der Waals surface area contributed by atoms with Crippen LogP contribution in [0.4, 0.5) is 0 Å². The van der Waals surface area contributed by atoms with E-state index in [1.165, 1.54) is 0 Å². The van der Waals surface area contributed by atoms with Gasteiger partial charge in [0.05, 0.1) is 19.1 Å². The molecule has 0 bridgehead atoms. The fraction of sp³-hybridized carbons (Fsp3) is 0.917. The van der Waals surface area contributed by atoms with Crippen LogP contribution in [0.5, 0.6) is 0 Å². The van der Waals surface area contributed by atoms with Crippen molar-refractivity contribution in [3.05, 3.63) is 0 Å². The van der Waals surface area contributed by atoms with Crippen LogP contribution in [0.3, 0.4) is 0 Å². The van der Waals surface area contributed by atoms with Crippen molar-refractivity contribution in [3.8, 4) is 0 Å². The van der Waals surface area contributed by atoms with E-state index < -0.39 is 6.10 Å². The van der Waals surface area contributed by atoms with E-state index >= 15 is 0 Å². The molecule has 1 aliphatic rings. The Labute approximate surface area is 103 Å². The Bertz CT molecular complexity index is 228. The Kier molecular flexibility index (Phi) is 6.47. The molecule has 0 aromatic carbocycles. The highest BCUT2D eigenvalue weighted by atomic mass is 16.5. The van der Waals surface area contributed by atoms with Gasteiger partial charge in [-0.1, -0.05) is 6.92 Å². The summed E-state index contributed by atoms with van der Waals surface area (Å²) in [6, 6.07) is 0. The lowest BCUT2D eigenvalue weighted by Crippen LogP contribution is -2.48. The molecule has 1 saturated heterocycles. The van der Waals surface area contributed by atoms with Crippen molar-refractivity contribution < 1.29 is 14.6 Å². The number of piperazine rings is 1. The zero-order chi connectivity index (χ0) is 12.7. The van der Waals surface area contributed by atoms with Gasteiger partial charge in [-0.2, -0.15) is 0 Å². The SMILES string of the molecule is CCOC(=O)CC(O)CN1CCN(CC)CC1. The highest BCUT2D eigenvalue weighted by Gasteiger charge is 2.19. The lowest BCUT2D eigenvalue weighted by molar-refractivity contribution is -0.145. The van der Waals surface area contributed by atoms with E-state index in [1.54, 1.807) is 6.92 Å². The van der Waals surface area contributed by atoms with Crippen molar-refractivity contribution in [2.24, 2.45) is 0 Å². The second-order valence-corrected chi connectivity index (χ2v) is 4.40. The lowest BCUT2D eigenvalue weighted by atomic mass is 10.2. The molecule has 1 rings (SSSR count). The van der Waals surface area contributed by atoms with Gasteiger partial charge in [0.2, 0.25) is 0 Å². The van der Waals surface area contributed by atoms with Crippen molar-refractivity contribution >= 4 is 5.97 Å². The van der Waals surface area contributed by atoms with Crippen LogP contribution in [0.2, 0.25) is 0 Å². The summed E-state index contributed by atoms with van der Waals surface area (Å²) in [4.78, 5) is 15.8. The number of likely N-dealkylation sites (N-methyl/N-ethyl adjacent to an activating group) is 1. The smallest absolute Gasteiger partial charge is 0.308 e. The van der Waals surface area contributed by atoms with Crippen LogP contribution in [0.15, 0.2) is 0 Å². The van der Waals surface area contributed by atoms with E-state index in [0.717, 1.165) is 32.7 Å². The van der Waals surface area contributed by atoms with Crippen molar-refractivity contribution in [1.82, 2.24) is 9.80 Å². The molecule has 1 fully saturated rings. The second kappa shape index (κ2) is 7.63. The number of ether oxygens (including phenoxy) is 1. The first-order valence-corrected chi connectivity index (χ1v) is 6.44. The first kappa shape index (κ1) is 14.4.